The molecule has 2 heterocycles. The second-order valence-corrected chi connectivity index (χ2v) is 6.04. The molecule has 0 unspecified atom stereocenters. The Morgan fingerprint density at radius 2 is 2.09 bits per heavy atom. The molecule has 0 fully saturated rings. The Labute approximate surface area is 136 Å². The van der Waals surface area contributed by atoms with Crippen molar-refractivity contribution in [3.8, 4) is 5.75 Å². The number of carbonyl (C=O) groups excluding carboxylic acids is 1. The number of rotatable bonds is 4. The maximum atomic E-state index is 12.9. The molecule has 2 aromatic heterocycles. The largest absolute Gasteiger partial charge is 0.490 e. The molecule has 0 saturated carbocycles. The second kappa shape index (κ2) is 5.51. The fraction of sp³-hybridized carbons (Fsp3) is 0.188. The minimum Gasteiger partial charge on any atom is -0.490 e. The molecule has 0 bridgehead atoms. The number of benzene rings is 1. The predicted molar refractivity (Wildman–Crippen MR) is 88.6 cm³/mol. The lowest BCUT2D eigenvalue weighted by Crippen LogP contribution is -2.03. The summed E-state index contributed by atoms with van der Waals surface area (Å²) in [6.07, 6.45) is 0. The number of ketones is 1. The van der Waals surface area contributed by atoms with Gasteiger partial charge in [-0.1, -0.05) is 6.07 Å². The molecule has 23 heavy (non-hydrogen) atoms. The van der Waals surface area contributed by atoms with E-state index in [1.807, 2.05) is 5.38 Å². The Balaban J connectivity index is 2.44. The van der Waals surface area contributed by atoms with Gasteiger partial charge in [0, 0.05) is 12.7 Å². The highest BCUT2D eigenvalue weighted by Crippen LogP contribution is 2.40. The van der Waals surface area contributed by atoms with E-state index in [9.17, 15) is 14.9 Å². The first-order valence-corrected chi connectivity index (χ1v) is 7.74. The average molecular weight is 330 g/mol. The van der Waals surface area contributed by atoms with Crippen LogP contribution in [0.1, 0.15) is 20.9 Å². The molecule has 0 aliphatic carbocycles. The number of nitrogens with zero attached hydrogens (tertiary/aromatic N) is 2. The molecule has 7 heteroatoms. The van der Waals surface area contributed by atoms with Gasteiger partial charge in [-0.15, -0.1) is 11.3 Å². The van der Waals surface area contributed by atoms with Crippen LogP contribution in [0.4, 0.5) is 5.69 Å². The van der Waals surface area contributed by atoms with Gasteiger partial charge in [-0.2, -0.15) is 0 Å². The molecule has 1 aromatic carbocycles. The summed E-state index contributed by atoms with van der Waals surface area (Å²) in [6, 6.07) is 6.79. The zero-order valence-corrected chi connectivity index (χ0v) is 13.6. The fourth-order valence-corrected chi connectivity index (χ4v) is 3.44. The van der Waals surface area contributed by atoms with Gasteiger partial charge in [0.2, 0.25) is 5.78 Å². The third-order valence-corrected chi connectivity index (χ3v) is 4.84. The summed E-state index contributed by atoms with van der Waals surface area (Å²) >= 11 is 1.32. The summed E-state index contributed by atoms with van der Waals surface area (Å²) in [5.41, 5.74) is 1.51. The first-order chi connectivity index (χ1) is 11.0. The van der Waals surface area contributed by atoms with Crippen LogP contribution < -0.4 is 4.74 Å². The number of methoxy groups -OCH3 is 1. The molecular weight excluding hydrogens is 316 g/mol. The van der Waals surface area contributed by atoms with Gasteiger partial charge in [0.15, 0.2) is 5.75 Å². The van der Waals surface area contributed by atoms with Gasteiger partial charge in [0.1, 0.15) is 0 Å². The van der Waals surface area contributed by atoms with Crippen molar-refractivity contribution < 1.29 is 14.5 Å². The van der Waals surface area contributed by atoms with Crippen LogP contribution in [0.25, 0.3) is 10.9 Å². The Hall–Kier alpha value is -2.67. The standard InChI is InChI=1S/C16H14N2O4S/c1-9-13(16(19)12-5-4-8-23-12)14-10(17(9)2)6-7-11(22-3)15(14)18(20)21/h4-8H,1-3H3. The van der Waals surface area contributed by atoms with Crippen molar-refractivity contribution in [2.75, 3.05) is 7.11 Å². The van der Waals surface area contributed by atoms with Gasteiger partial charge in [-0.05, 0) is 30.5 Å². The lowest BCUT2D eigenvalue weighted by molar-refractivity contribution is -0.383. The summed E-state index contributed by atoms with van der Waals surface area (Å²) in [7, 11) is 3.17. The molecule has 0 atom stereocenters. The summed E-state index contributed by atoms with van der Waals surface area (Å²) < 4.78 is 6.92. The van der Waals surface area contributed by atoms with Gasteiger partial charge in [-0.3, -0.25) is 14.9 Å². The molecule has 0 radical (unpaired) electrons. The third kappa shape index (κ3) is 2.20. The first-order valence-electron chi connectivity index (χ1n) is 6.86. The maximum Gasteiger partial charge on any atom is 0.320 e. The van der Waals surface area contributed by atoms with Crippen molar-refractivity contribution in [3.05, 3.63) is 55.9 Å². The predicted octanol–water partition coefficient (Wildman–Crippen LogP) is 3.70. The van der Waals surface area contributed by atoms with Crippen molar-refractivity contribution >= 4 is 33.7 Å². The van der Waals surface area contributed by atoms with Gasteiger partial charge < -0.3 is 9.30 Å². The lowest BCUT2D eigenvalue weighted by Gasteiger charge is -2.04. The lowest BCUT2D eigenvalue weighted by atomic mass is 10.0. The van der Waals surface area contributed by atoms with Crippen LogP contribution in [0.2, 0.25) is 0 Å². The second-order valence-electron chi connectivity index (χ2n) is 5.09. The molecule has 3 aromatic rings. The topological polar surface area (TPSA) is 74.4 Å². The number of fused-ring (bicyclic) bond motifs is 1. The number of aryl methyl sites for hydroxylation is 1. The van der Waals surface area contributed by atoms with Crippen LogP contribution in [-0.2, 0) is 7.05 Å². The number of aromatic nitrogens is 1. The van der Waals surface area contributed by atoms with Crippen LogP contribution in [-0.4, -0.2) is 22.4 Å². The van der Waals surface area contributed by atoms with Gasteiger partial charge in [0.25, 0.3) is 0 Å². The molecular formula is C16H14N2O4S. The normalized spacial score (nSPS) is 10.9. The molecule has 0 aliphatic rings. The molecule has 0 amide bonds. The highest BCUT2D eigenvalue weighted by molar-refractivity contribution is 7.12. The van der Waals surface area contributed by atoms with E-state index in [0.717, 1.165) is 0 Å². The van der Waals surface area contributed by atoms with E-state index in [2.05, 4.69) is 0 Å². The van der Waals surface area contributed by atoms with E-state index in [4.69, 9.17) is 4.74 Å². The highest BCUT2D eigenvalue weighted by atomic mass is 32.1. The van der Waals surface area contributed by atoms with Crippen LogP contribution in [0.5, 0.6) is 5.75 Å². The Bertz CT molecular complexity index is 926. The molecule has 0 aliphatic heterocycles. The number of hydrogen-bond acceptors (Lipinski definition) is 5. The number of nitro benzene ring substituents is 1. The Morgan fingerprint density at radius 3 is 2.65 bits per heavy atom. The van der Waals surface area contributed by atoms with Gasteiger partial charge in [-0.25, -0.2) is 0 Å². The number of ether oxygens (including phenoxy) is 1. The van der Waals surface area contributed by atoms with Crippen molar-refractivity contribution in [1.29, 1.82) is 0 Å². The highest BCUT2D eigenvalue weighted by Gasteiger charge is 2.30. The Morgan fingerprint density at radius 1 is 1.35 bits per heavy atom. The summed E-state index contributed by atoms with van der Waals surface area (Å²) in [6.45, 7) is 1.79. The molecule has 6 nitrogen and oxygen atoms in total. The average Bonchev–Trinajstić information content (AvgIpc) is 3.14. The van der Waals surface area contributed by atoms with E-state index < -0.39 is 4.92 Å². The smallest absolute Gasteiger partial charge is 0.320 e. The summed E-state index contributed by atoms with van der Waals surface area (Å²) in [5, 5.41) is 13.7. The van der Waals surface area contributed by atoms with Crippen molar-refractivity contribution in [2.45, 2.75) is 6.92 Å². The zero-order chi connectivity index (χ0) is 16.7. The van der Waals surface area contributed by atoms with Crippen LogP contribution in [0.15, 0.2) is 29.6 Å². The molecule has 0 saturated heterocycles. The van der Waals surface area contributed by atoms with Crippen molar-refractivity contribution in [2.24, 2.45) is 7.05 Å². The molecule has 0 N–H and O–H groups in total. The van der Waals surface area contributed by atoms with Crippen LogP contribution in [0.3, 0.4) is 0 Å². The van der Waals surface area contributed by atoms with Crippen molar-refractivity contribution in [3.63, 3.8) is 0 Å². The van der Waals surface area contributed by atoms with Crippen molar-refractivity contribution in [1.82, 2.24) is 4.57 Å². The van der Waals surface area contributed by atoms with E-state index in [1.54, 1.807) is 42.8 Å². The van der Waals surface area contributed by atoms with Gasteiger partial charge >= 0.3 is 5.69 Å². The number of thiophene rings is 1. The fourth-order valence-electron chi connectivity index (χ4n) is 2.77. The SMILES string of the molecule is COc1ccc2c(c(C(=O)c3cccs3)c(C)n2C)c1[N+](=O)[O-]. The Kier molecular flexibility index (Phi) is 3.65. The zero-order valence-electron chi connectivity index (χ0n) is 12.8. The quantitative estimate of drug-likeness (QED) is 0.415. The van der Waals surface area contributed by atoms with Gasteiger partial charge in [0.05, 0.1) is 33.4 Å². The monoisotopic (exact) mass is 330 g/mol. The first kappa shape index (κ1) is 15.2. The van der Waals surface area contributed by atoms with E-state index in [0.29, 0.717) is 27.0 Å². The minimum absolute atomic E-state index is 0.147. The van der Waals surface area contributed by atoms with E-state index >= 15 is 0 Å². The molecule has 118 valence electrons. The van der Waals surface area contributed by atoms with Crippen LogP contribution in [0, 0.1) is 17.0 Å². The number of hydrogen-bond donors (Lipinski definition) is 0. The molecule has 3 rings (SSSR count). The maximum absolute atomic E-state index is 12.9. The number of carbonyl (C=O) groups is 1. The third-order valence-electron chi connectivity index (χ3n) is 3.97. The van der Waals surface area contributed by atoms with E-state index in [-0.39, 0.29) is 17.2 Å². The van der Waals surface area contributed by atoms with Crippen LogP contribution >= 0.6 is 11.3 Å². The molecule has 0 spiro atoms. The number of nitro groups is 1. The summed E-state index contributed by atoms with van der Waals surface area (Å²) in [4.78, 5) is 24.5. The summed E-state index contributed by atoms with van der Waals surface area (Å²) in [5.74, 6) is -0.0622. The minimum atomic E-state index is -0.494. The van der Waals surface area contributed by atoms with E-state index in [1.165, 1.54) is 18.4 Å².